The minimum Gasteiger partial charge on any atom is -0.312 e. The molecule has 2 atom stereocenters. The largest absolute Gasteiger partial charge is 0.312 e. The summed E-state index contributed by atoms with van der Waals surface area (Å²) >= 11 is 0. The van der Waals surface area contributed by atoms with E-state index in [4.69, 9.17) is 0 Å². The van der Waals surface area contributed by atoms with Crippen molar-refractivity contribution in [3.05, 3.63) is 0 Å². The molecule has 2 saturated heterocycles. The topological polar surface area (TPSA) is 49.4 Å². The summed E-state index contributed by atoms with van der Waals surface area (Å²) in [5, 5.41) is 3.38. The number of hydrogen-bond acceptors (Lipinski definition) is 3. The second-order valence-electron chi connectivity index (χ2n) is 4.04. The molecule has 0 aromatic rings. The average Bonchev–Trinajstić information content (AvgIpc) is 2.45. The first kappa shape index (κ1) is 9.43. The van der Waals surface area contributed by atoms with E-state index in [9.17, 15) is 8.42 Å². The standard InChI is InChI=1S/C8H16N2O2S/c1-13(11,12)10-5-7-3-2-4-9-8(7)6-10/h7-9H,2-6H2,1H3/t7-,8+/m0/s1. The molecule has 2 rings (SSSR count). The zero-order valence-electron chi connectivity index (χ0n) is 7.86. The van der Waals surface area contributed by atoms with Crippen molar-refractivity contribution in [3.63, 3.8) is 0 Å². The van der Waals surface area contributed by atoms with E-state index in [1.165, 1.54) is 19.1 Å². The fraction of sp³-hybridized carbons (Fsp3) is 1.00. The van der Waals surface area contributed by atoms with Crippen molar-refractivity contribution >= 4 is 10.0 Å². The Hall–Kier alpha value is -0.130. The van der Waals surface area contributed by atoms with E-state index in [1.807, 2.05) is 0 Å². The Morgan fingerprint density at radius 2 is 2.15 bits per heavy atom. The summed E-state index contributed by atoms with van der Waals surface area (Å²) in [7, 11) is -2.97. The molecule has 2 fully saturated rings. The number of fused-ring (bicyclic) bond motifs is 1. The van der Waals surface area contributed by atoms with E-state index in [0.717, 1.165) is 13.1 Å². The van der Waals surface area contributed by atoms with Crippen LogP contribution in [0.15, 0.2) is 0 Å². The Labute approximate surface area is 79.4 Å². The monoisotopic (exact) mass is 204 g/mol. The summed E-state index contributed by atoms with van der Waals surface area (Å²) in [5.74, 6) is 0.545. The van der Waals surface area contributed by atoms with Crippen LogP contribution in [0.25, 0.3) is 0 Å². The molecule has 76 valence electrons. The number of hydrogen-bond donors (Lipinski definition) is 1. The van der Waals surface area contributed by atoms with Gasteiger partial charge in [-0.25, -0.2) is 12.7 Å². The molecule has 13 heavy (non-hydrogen) atoms. The van der Waals surface area contributed by atoms with E-state index < -0.39 is 10.0 Å². The second-order valence-corrected chi connectivity index (χ2v) is 6.03. The zero-order valence-corrected chi connectivity index (χ0v) is 8.68. The van der Waals surface area contributed by atoms with Crippen molar-refractivity contribution in [2.75, 3.05) is 25.9 Å². The molecule has 4 nitrogen and oxygen atoms in total. The average molecular weight is 204 g/mol. The Morgan fingerprint density at radius 3 is 2.77 bits per heavy atom. The van der Waals surface area contributed by atoms with Crippen LogP contribution in [-0.2, 0) is 10.0 Å². The first-order chi connectivity index (χ1) is 6.07. The van der Waals surface area contributed by atoms with Crippen molar-refractivity contribution in [2.24, 2.45) is 5.92 Å². The van der Waals surface area contributed by atoms with Crippen LogP contribution in [0.5, 0.6) is 0 Å². The molecule has 5 heteroatoms. The highest BCUT2D eigenvalue weighted by Gasteiger charge is 2.37. The van der Waals surface area contributed by atoms with E-state index in [2.05, 4.69) is 5.32 Å². The Kier molecular flexibility index (Phi) is 2.33. The van der Waals surface area contributed by atoms with Crippen molar-refractivity contribution in [1.82, 2.24) is 9.62 Å². The molecule has 0 aromatic heterocycles. The lowest BCUT2D eigenvalue weighted by molar-refractivity contribution is 0.339. The molecule has 1 N–H and O–H groups in total. The van der Waals surface area contributed by atoms with Crippen LogP contribution < -0.4 is 5.32 Å². The van der Waals surface area contributed by atoms with Crippen molar-refractivity contribution in [2.45, 2.75) is 18.9 Å². The number of rotatable bonds is 1. The lowest BCUT2D eigenvalue weighted by Crippen LogP contribution is -2.40. The minimum atomic E-state index is -2.97. The number of piperidine rings is 1. The SMILES string of the molecule is CS(=O)(=O)N1C[C@@H]2CCCN[C@@H]2C1. The smallest absolute Gasteiger partial charge is 0.211 e. The molecule has 2 aliphatic rings. The van der Waals surface area contributed by atoms with Gasteiger partial charge in [0.05, 0.1) is 6.26 Å². The summed E-state index contributed by atoms with van der Waals surface area (Å²) in [6, 6.07) is 0.406. The van der Waals surface area contributed by atoms with Gasteiger partial charge in [0, 0.05) is 19.1 Å². The molecule has 2 aliphatic heterocycles. The van der Waals surface area contributed by atoms with Crippen LogP contribution in [0.3, 0.4) is 0 Å². The quantitative estimate of drug-likeness (QED) is 0.634. The van der Waals surface area contributed by atoms with E-state index in [-0.39, 0.29) is 0 Å². The van der Waals surface area contributed by atoms with Gasteiger partial charge in [0.15, 0.2) is 0 Å². The van der Waals surface area contributed by atoms with Crippen LogP contribution in [0, 0.1) is 5.92 Å². The molecule has 0 unspecified atom stereocenters. The van der Waals surface area contributed by atoms with Gasteiger partial charge in [0.25, 0.3) is 0 Å². The molecule has 0 amide bonds. The van der Waals surface area contributed by atoms with Crippen LogP contribution in [-0.4, -0.2) is 44.7 Å². The minimum absolute atomic E-state index is 0.406. The fourth-order valence-corrected chi connectivity index (χ4v) is 3.17. The van der Waals surface area contributed by atoms with Crippen LogP contribution in [0.2, 0.25) is 0 Å². The summed E-state index contributed by atoms with van der Waals surface area (Å²) in [6.45, 7) is 2.43. The van der Waals surface area contributed by atoms with E-state index >= 15 is 0 Å². The van der Waals surface area contributed by atoms with Gasteiger partial charge in [-0.2, -0.15) is 0 Å². The Bertz CT molecular complexity index is 275. The second kappa shape index (κ2) is 3.22. The zero-order chi connectivity index (χ0) is 9.47. The number of sulfonamides is 1. The molecule has 2 heterocycles. The Morgan fingerprint density at radius 1 is 1.38 bits per heavy atom. The highest BCUT2D eigenvalue weighted by Crippen LogP contribution is 2.26. The van der Waals surface area contributed by atoms with Gasteiger partial charge < -0.3 is 5.32 Å². The van der Waals surface area contributed by atoms with E-state index in [0.29, 0.717) is 18.5 Å². The summed E-state index contributed by atoms with van der Waals surface area (Å²) in [5.41, 5.74) is 0. The predicted molar refractivity (Wildman–Crippen MR) is 50.9 cm³/mol. The van der Waals surface area contributed by atoms with Gasteiger partial charge in [0.1, 0.15) is 0 Å². The predicted octanol–water partition coefficient (Wildman–Crippen LogP) is -0.370. The molecule has 0 spiro atoms. The van der Waals surface area contributed by atoms with Crippen molar-refractivity contribution in [1.29, 1.82) is 0 Å². The molecule has 0 aliphatic carbocycles. The summed E-state index contributed by atoms with van der Waals surface area (Å²) in [4.78, 5) is 0. The molecule has 0 aromatic carbocycles. The third kappa shape index (κ3) is 1.87. The maximum atomic E-state index is 11.3. The fourth-order valence-electron chi connectivity index (χ4n) is 2.28. The highest BCUT2D eigenvalue weighted by molar-refractivity contribution is 7.88. The summed E-state index contributed by atoms with van der Waals surface area (Å²) < 4.78 is 24.1. The van der Waals surface area contributed by atoms with Gasteiger partial charge in [-0.3, -0.25) is 0 Å². The number of nitrogens with one attached hydrogen (secondary N) is 1. The van der Waals surface area contributed by atoms with Crippen LogP contribution in [0.1, 0.15) is 12.8 Å². The van der Waals surface area contributed by atoms with Gasteiger partial charge in [-0.1, -0.05) is 0 Å². The van der Waals surface area contributed by atoms with Crippen LogP contribution in [0.4, 0.5) is 0 Å². The molecular formula is C8H16N2O2S. The maximum Gasteiger partial charge on any atom is 0.211 e. The molecule has 0 saturated carbocycles. The molecule has 0 radical (unpaired) electrons. The summed E-state index contributed by atoms with van der Waals surface area (Å²) in [6.07, 6.45) is 3.65. The van der Waals surface area contributed by atoms with Gasteiger partial charge in [0.2, 0.25) is 10.0 Å². The lowest BCUT2D eigenvalue weighted by atomic mass is 9.94. The van der Waals surface area contributed by atoms with Gasteiger partial charge in [-0.05, 0) is 25.3 Å². The van der Waals surface area contributed by atoms with Crippen LogP contribution >= 0.6 is 0 Å². The first-order valence-corrected chi connectivity index (χ1v) is 6.61. The maximum absolute atomic E-state index is 11.3. The number of nitrogens with zero attached hydrogens (tertiary/aromatic N) is 1. The Balaban J connectivity index is 2.07. The highest BCUT2D eigenvalue weighted by atomic mass is 32.2. The lowest BCUT2D eigenvalue weighted by Gasteiger charge is -2.24. The third-order valence-corrected chi connectivity index (χ3v) is 4.27. The first-order valence-electron chi connectivity index (χ1n) is 4.76. The van der Waals surface area contributed by atoms with E-state index in [1.54, 1.807) is 4.31 Å². The van der Waals surface area contributed by atoms with Gasteiger partial charge >= 0.3 is 0 Å². The van der Waals surface area contributed by atoms with Crippen molar-refractivity contribution < 1.29 is 8.42 Å². The van der Waals surface area contributed by atoms with Gasteiger partial charge in [-0.15, -0.1) is 0 Å². The third-order valence-electron chi connectivity index (χ3n) is 3.03. The van der Waals surface area contributed by atoms with Crippen molar-refractivity contribution in [3.8, 4) is 0 Å². The molecule has 0 bridgehead atoms. The normalized spacial score (nSPS) is 36.1. The molecular weight excluding hydrogens is 188 g/mol.